The normalized spacial score (nSPS) is 14.3. The molecule has 3 rings (SSSR count). The highest BCUT2D eigenvalue weighted by atomic mass is 16.5. The zero-order valence-electron chi connectivity index (χ0n) is 14.5. The largest absolute Gasteiger partial charge is 0.493 e. The number of nitrogen functional groups attached to an aromatic ring is 1. The number of carbonyl (C=O) groups is 1. The van der Waals surface area contributed by atoms with Gasteiger partial charge in [0.25, 0.3) is 5.91 Å². The summed E-state index contributed by atoms with van der Waals surface area (Å²) in [6.07, 6.45) is 4.83. The molecule has 1 saturated carbocycles. The van der Waals surface area contributed by atoms with Crippen molar-refractivity contribution in [1.29, 1.82) is 0 Å². The zero-order chi connectivity index (χ0) is 17.6. The van der Waals surface area contributed by atoms with Crippen LogP contribution in [0, 0.1) is 0 Å². The van der Waals surface area contributed by atoms with Crippen molar-refractivity contribution in [1.82, 2.24) is 5.32 Å². The van der Waals surface area contributed by atoms with Gasteiger partial charge in [0.1, 0.15) is 0 Å². The topological polar surface area (TPSA) is 73.6 Å². The van der Waals surface area contributed by atoms with E-state index in [0.29, 0.717) is 23.5 Å². The van der Waals surface area contributed by atoms with Gasteiger partial charge in [0.2, 0.25) is 0 Å². The molecule has 1 fully saturated rings. The predicted octanol–water partition coefficient (Wildman–Crippen LogP) is 3.53. The number of methoxy groups -OCH3 is 1. The van der Waals surface area contributed by atoms with Crippen LogP contribution in [0.4, 0.5) is 5.69 Å². The molecule has 0 unspecified atom stereocenters. The summed E-state index contributed by atoms with van der Waals surface area (Å²) >= 11 is 0. The first-order chi connectivity index (χ1) is 12.2. The molecule has 0 atom stereocenters. The SMILES string of the molecule is COc1ccc(CNC(=O)c2ccccc2N)cc1OC1CCCC1. The fourth-order valence-corrected chi connectivity index (χ4v) is 3.09. The Labute approximate surface area is 148 Å². The molecule has 1 aliphatic rings. The molecule has 1 amide bonds. The van der Waals surface area contributed by atoms with Crippen LogP contribution < -0.4 is 20.5 Å². The van der Waals surface area contributed by atoms with Gasteiger partial charge in [-0.15, -0.1) is 0 Å². The van der Waals surface area contributed by atoms with Crippen molar-refractivity contribution in [3.05, 3.63) is 53.6 Å². The lowest BCUT2D eigenvalue weighted by Crippen LogP contribution is -2.23. The Balaban J connectivity index is 1.67. The average molecular weight is 340 g/mol. The molecular formula is C20H24N2O3. The van der Waals surface area contributed by atoms with Crippen molar-refractivity contribution < 1.29 is 14.3 Å². The smallest absolute Gasteiger partial charge is 0.253 e. The van der Waals surface area contributed by atoms with E-state index >= 15 is 0 Å². The number of para-hydroxylation sites is 1. The first kappa shape index (κ1) is 17.1. The van der Waals surface area contributed by atoms with Crippen molar-refractivity contribution in [3.63, 3.8) is 0 Å². The van der Waals surface area contributed by atoms with Crippen LogP contribution in [-0.2, 0) is 6.54 Å². The van der Waals surface area contributed by atoms with E-state index in [1.807, 2.05) is 24.3 Å². The van der Waals surface area contributed by atoms with Gasteiger partial charge in [0, 0.05) is 12.2 Å². The number of anilines is 1. The van der Waals surface area contributed by atoms with E-state index in [9.17, 15) is 4.79 Å². The zero-order valence-corrected chi connectivity index (χ0v) is 14.5. The molecule has 0 bridgehead atoms. The number of benzene rings is 2. The number of hydrogen-bond donors (Lipinski definition) is 2. The Morgan fingerprint density at radius 1 is 1.16 bits per heavy atom. The third kappa shape index (κ3) is 4.24. The number of nitrogens with one attached hydrogen (secondary N) is 1. The van der Waals surface area contributed by atoms with Crippen LogP contribution in [0.3, 0.4) is 0 Å². The second-order valence-electron chi connectivity index (χ2n) is 6.28. The fraction of sp³-hybridized carbons (Fsp3) is 0.350. The van der Waals surface area contributed by atoms with Crippen LogP contribution in [-0.4, -0.2) is 19.1 Å². The lowest BCUT2D eigenvalue weighted by atomic mass is 10.1. The van der Waals surface area contributed by atoms with Crippen LogP contribution in [0.25, 0.3) is 0 Å². The molecule has 0 heterocycles. The van der Waals surface area contributed by atoms with Gasteiger partial charge in [-0.05, 0) is 55.5 Å². The van der Waals surface area contributed by atoms with Gasteiger partial charge < -0.3 is 20.5 Å². The third-order valence-electron chi connectivity index (χ3n) is 4.48. The highest BCUT2D eigenvalue weighted by molar-refractivity contribution is 5.99. The van der Waals surface area contributed by atoms with Crippen molar-refractivity contribution in [3.8, 4) is 11.5 Å². The minimum absolute atomic E-state index is 0.188. The van der Waals surface area contributed by atoms with Crippen molar-refractivity contribution in [2.24, 2.45) is 0 Å². The summed E-state index contributed by atoms with van der Waals surface area (Å²) in [4.78, 5) is 12.3. The number of rotatable bonds is 6. The summed E-state index contributed by atoms with van der Waals surface area (Å²) in [6, 6.07) is 12.8. The van der Waals surface area contributed by atoms with Crippen LogP contribution in [0.2, 0.25) is 0 Å². The summed E-state index contributed by atoms with van der Waals surface area (Å²) in [5.41, 5.74) is 7.76. The van der Waals surface area contributed by atoms with Crippen molar-refractivity contribution in [2.45, 2.75) is 38.3 Å². The lowest BCUT2D eigenvalue weighted by Gasteiger charge is -2.17. The number of hydrogen-bond acceptors (Lipinski definition) is 4. The quantitative estimate of drug-likeness (QED) is 0.789. The third-order valence-corrected chi connectivity index (χ3v) is 4.48. The van der Waals surface area contributed by atoms with Gasteiger partial charge in [-0.25, -0.2) is 0 Å². The summed E-state index contributed by atoms with van der Waals surface area (Å²) in [7, 11) is 1.64. The van der Waals surface area contributed by atoms with Gasteiger partial charge in [-0.2, -0.15) is 0 Å². The minimum atomic E-state index is -0.188. The highest BCUT2D eigenvalue weighted by Gasteiger charge is 2.18. The van der Waals surface area contributed by atoms with Gasteiger partial charge in [-0.3, -0.25) is 4.79 Å². The second kappa shape index (κ2) is 7.92. The van der Waals surface area contributed by atoms with Crippen molar-refractivity contribution in [2.75, 3.05) is 12.8 Å². The first-order valence-corrected chi connectivity index (χ1v) is 8.63. The van der Waals surface area contributed by atoms with E-state index in [2.05, 4.69) is 5.32 Å². The van der Waals surface area contributed by atoms with Gasteiger partial charge in [-0.1, -0.05) is 18.2 Å². The molecule has 0 saturated heterocycles. The Hall–Kier alpha value is -2.69. The molecule has 5 nitrogen and oxygen atoms in total. The van der Waals surface area contributed by atoms with Crippen molar-refractivity contribution >= 4 is 11.6 Å². The number of ether oxygens (including phenoxy) is 2. The standard InChI is InChI=1S/C20H24N2O3/c1-24-18-11-10-14(12-19(18)25-15-6-2-3-7-15)13-22-20(23)16-8-4-5-9-17(16)21/h4-5,8-12,15H,2-3,6-7,13,21H2,1H3,(H,22,23). The monoisotopic (exact) mass is 340 g/mol. The minimum Gasteiger partial charge on any atom is -0.493 e. The predicted molar refractivity (Wildman–Crippen MR) is 97.9 cm³/mol. The molecular weight excluding hydrogens is 316 g/mol. The van der Waals surface area contributed by atoms with Crippen LogP contribution in [0.15, 0.2) is 42.5 Å². The molecule has 0 spiro atoms. The maximum atomic E-state index is 12.3. The summed E-state index contributed by atoms with van der Waals surface area (Å²) in [6.45, 7) is 0.401. The average Bonchev–Trinajstić information content (AvgIpc) is 3.13. The molecule has 2 aromatic rings. The van der Waals surface area contributed by atoms with Crippen LogP contribution in [0.1, 0.15) is 41.6 Å². The Morgan fingerprint density at radius 2 is 1.92 bits per heavy atom. The number of amides is 1. The molecule has 5 heteroatoms. The Kier molecular flexibility index (Phi) is 5.43. The maximum Gasteiger partial charge on any atom is 0.253 e. The summed E-state index contributed by atoms with van der Waals surface area (Å²) in [5, 5.41) is 2.90. The number of carbonyl (C=O) groups excluding carboxylic acids is 1. The summed E-state index contributed by atoms with van der Waals surface area (Å²) < 4.78 is 11.5. The van der Waals surface area contributed by atoms with E-state index in [0.717, 1.165) is 24.2 Å². The fourth-order valence-electron chi connectivity index (χ4n) is 3.09. The highest BCUT2D eigenvalue weighted by Crippen LogP contribution is 2.32. The molecule has 2 aromatic carbocycles. The molecule has 25 heavy (non-hydrogen) atoms. The molecule has 0 aliphatic heterocycles. The Bertz CT molecular complexity index is 739. The van der Waals surface area contributed by atoms with E-state index < -0.39 is 0 Å². The second-order valence-corrected chi connectivity index (χ2v) is 6.28. The Morgan fingerprint density at radius 3 is 2.64 bits per heavy atom. The van der Waals surface area contributed by atoms with Gasteiger partial charge in [0.15, 0.2) is 11.5 Å². The van der Waals surface area contributed by atoms with Gasteiger partial charge in [0.05, 0.1) is 18.8 Å². The molecule has 3 N–H and O–H groups in total. The van der Waals surface area contributed by atoms with Crippen LogP contribution >= 0.6 is 0 Å². The molecule has 0 radical (unpaired) electrons. The molecule has 132 valence electrons. The van der Waals surface area contributed by atoms with E-state index in [1.165, 1.54) is 12.8 Å². The van der Waals surface area contributed by atoms with E-state index in [4.69, 9.17) is 15.2 Å². The van der Waals surface area contributed by atoms with E-state index in [-0.39, 0.29) is 12.0 Å². The number of nitrogens with two attached hydrogens (primary N) is 1. The van der Waals surface area contributed by atoms with Gasteiger partial charge >= 0.3 is 0 Å². The summed E-state index contributed by atoms with van der Waals surface area (Å²) in [5.74, 6) is 1.27. The lowest BCUT2D eigenvalue weighted by molar-refractivity contribution is 0.0951. The maximum absolute atomic E-state index is 12.3. The molecule has 0 aromatic heterocycles. The molecule has 1 aliphatic carbocycles. The van der Waals surface area contributed by atoms with E-state index in [1.54, 1.807) is 25.3 Å². The first-order valence-electron chi connectivity index (χ1n) is 8.63. The van der Waals surface area contributed by atoms with Crippen LogP contribution in [0.5, 0.6) is 11.5 Å².